The summed E-state index contributed by atoms with van der Waals surface area (Å²) in [5, 5.41) is 16.6. The maximum absolute atomic E-state index is 4.79. The van der Waals surface area contributed by atoms with Crippen LogP contribution in [-0.2, 0) is 12.3 Å². The van der Waals surface area contributed by atoms with Crippen molar-refractivity contribution in [2.45, 2.75) is 24.4 Å². The summed E-state index contributed by atoms with van der Waals surface area (Å²) in [5.41, 5.74) is 3.40. The van der Waals surface area contributed by atoms with Crippen molar-refractivity contribution in [3.05, 3.63) is 71.1 Å². The van der Waals surface area contributed by atoms with Crippen molar-refractivity contribution in [2.75, 3.05) is 0 Å². The molecular formula is C22H18N4S3. The van der Waals surface area contributed by atoms with Gasteiger partial charge in [0, 0.05) is 44.3 Å². The molecule has 29 heavy (non-hydrogen) atoms. The first-order valence-corrected chi connectivity index (χ1v) is 12.1. The van der Waals surface area contributed by atoms with Crippen LogP contribution in [0.1, 0.15) is 12.6 Å². The van der Waals surface area contributed by atoms with Crippen molar-refractivity contribution in [1.82, 2.24) is 19.7 Å². The van der Waals surface area contributed by atoms with Gasteiger partial charge in [-0.3, -0.25) is 0 Å². The Balaban J connectivity index is 1.38. The van der Waals surface area contributed by atoms with Crippen LogP contribution in [0.3, 0.4) is 0 Å². The second-order valence-electron chi connectivity index (χ2n) is 6.49. The number of benzene rings is 2. The van der Waals surface area contributed by atoms with Gasteiger partial charge in [0.1, 0.15) is 5.01 Å². The summed E-state index contributed by atoms with van der Waals surface area (Å²) in [4.78, 5) is 4.79. The second kappa shape index (κ2) is 8.10. The van der Waals surface area contributed by atoms with E-state index < -0.39 is 0 Å². The molecule has 0 N–H and O–H groups in total. The molecule has 0 radical (unpaired) electrons. The first-order chi connectivity index (χ1) is 14.3. The van der Waals surface area contributed by atoms with Gasteiger partial charge in [-0.15, -0.1) is 32.9 Å². The fourth-order valence-corrected chi connectivity index (χ4v) is 6.02. The van der Waals surface area contributed by atoms with Gasteiger partial charge >= 0.3 is 0 Å². The molecule has 0 bridgehead atoms. The molecule has 7 heteroatoms. The fourth-order valence-electron chi connectivity index (χ4n) is 3.26. The largest absolute Gasteiger partial charge is 0.302 e. The number of fused-ring (bicyclic) bond motifs is 1. The average Bonchev–Trinajstić information content (AvgIpc) is 3.50. The van der Waals surface area contributed by atoms with Crippen molar-refractivity contribution < 1.29 is 0 Å². The van der Waals surface area contributed by atoms with E-state index in [-0.39, 0.29) is 0 Å². The van der Waals surface area contributed by atoms with Crippen molar-refractivity contribution in [2.24, 2.45) is 0 Å². The molecule has 2 aromatic carbocycles. The van der Waals surface area contributed by atoms with Crippen LogP contribution in [0, 0.1) is 0 Å². The second-order valence-corrected chi connectivity index (χ2v) is 9.21. The highest BCUT2D eigenvalue weighted by Gasteiger charge is 2.17. The lowest BCUT2D eigenvalue weighted by Gasteiger charge is -2.06. The molecule has 3 aromatic heterocycles. The van der Waals surface area contributed by atoms with Crippen LogP contribution in [0.4, 0.5) is 0 Å². The highest BCUT2D eigenvalue weighted by atomic mass is 32.2. The maximum atomic E-state index is 4.79. The molecule has 3 heterocycles. The first kappa shape index (κ1) is 18.5. The molecule has 0 aliphatic carbocycles. The lowest BCUT2D eigenvalue weighted by Crippen LogP contribution is -1.99. The van der Waals surface area contributed by atoms with Crippen LogP contribution in [0.15, 0.2) is 70.5 Å². The molecule has 0 spiro atoms. The smallest absolute Gasteiger partial charge is 0.191 e. The number of thiazole rings is 1. The quantitative estimate of drug-likeness (QED) is 0.283. The SMILES string of the molecule is CCn1c(SCc2csc(-c3ccccc3)n2)nnc1-c1csc2ccccc12. The molecule has 0 atom stereocenters. The van der Waals surface area contributed by atoms with Crippen molar-refractivity contribution in [3.8, 4) is 22.0 Å². The average molecular weight is 435 g/mol. The lowest BCUT2D eigenvalue weighted by atomic mass is 10.1. The topological polar surface area (TPSA) is 43.6 Å². The minimum Gasteiger partial charge on any atom is -0.302 e. The summed E-state index contributed by atoms with van der Waals surface area (Å²) in [6.45, 7) is 2.98. The minimum absolute atomic E-state index is 0.784. The molecule has 0 fully saturated rings. The van der Waals surface area contributed by atoms with Gasteiger partial charge in [0.15, 0.2) is 11.0 Å². The Kier molecular flexibility index (Phi) is 5.18. The third kappa shape index (κ3) is 3.61. The Morgan fingerprint density at radius 1 is 0.931 bits per heavy atom. The molecule has 0 unspecified atom stereocenters. The maximum Gasteiger partial charge on any atom is 0.191 e. The predicted molar refractivity (Wildman–Crippen MR) is 124 cm³/mol. The predicted octanol–water partition coefficient (Wildman–Crippen LogP) is 6.60. The summed E-state index contributed by atoms with van der Waals surface area (Å²) in [6, 6.07) is 18.8. The number of thiophene rings is 1. The number of rotatable bonds is 6. The molecule has 0 amide bonds. The zero-order chi connectivity index (χ0) is 19.6. The van der Waals surface area contributed by atoms with Crippen molar-refractivity contribution >= 4 is 44.5 Å². The van der Waals surface area contributed by atoms with E-state index in [0.29, 0.717) is 0 Å². The lowest BCUT2D eigenvalue weighted by molar-refractivity contribution is 0.687. The highest BCUT2D eigenvalue weighted by Crippen LogP contribution is 2.35. The third-order valence-corrected chi connectivity index (χ3v) is 7.58. The van der Waals surface area contributed by atoms with E-state index in [1.54, 1.807) is 34.4 Å². The van der Waals surface area contributed by atoms with Gasteiger partial charge in [0.2, 0.25) is 0 Å². The van der Waals surface area contributed by atoms with Crippen LogP contribution >= 0.6 is 34.4 Å². The van der Waals surface area contributed by atoms with Crippen LogP contribution in [0.25, 0.3) is 32.0 Å². The van der Waals surface area contributed by atoms with Gasteiger partial charge in [-0.2, -0.15) is 0 Å². The van der Waals surface area contributed by atoms with E-state index in [1.807, 2.05) is 18.2 Å². The molecule has 5 aromatic rings. The summed E-state index contributed by atoms with van der Waals surface area (Å²) >= 11 is 5.13. The minimum atomic E-state index is 0.784. The zero-order valence-electron chi connectivity index (χ0n) is 15.8. The Bertz CT molecular complexity index is 1250. The number of thioether (sulfide) groups is 1. The Morgan fingerprint density at radius 2 is 1.76 bits per heavy atom. The summed E-state index contributed by atoms with van der Waals surface area (Å²) < 4.78 is 3.47. The van der Waals surface area contributed by atoms with E-state index in [9.17, 15) is 0 Å². The third-order valence-electron chi connectivity index (χ3n) is 4.68. The Hall–Kier alpha value is -2.48. The van der Waals surface area contributed by atoms with Crippen molar-refractivity contribution in [3.63, 3.8) is 0 Å². The van der Waals surface area contributed by atoms with E-state index >= 15 is 0 Å². The molecule has 0 saturated carbocycles. The molecule has 0 aliphatic heterocycles. The number of hydrogen-bond donors (Lipinski definition) is 0. The fraction of sp³-hybridized carbons (Fsp3) is 0.136. The highest BCUT2D eigenvalue weighted by molar-refractivity contribution is 7.98. The summed E-state index contributed by atoms with van der Waals surface area (Å²) in [5.74, 6) is 1.72. The van der Waals surface area contributed by atoms with Gasteiger partial charge in [-0.05, 0) is 13.0 Å². The van der Waals surface area contributed by atoms with Gasteiger partial charge < -0.3 is 4.57 Å². The van der Waals surface area contributed by atoms with Crippen molar-refractivity contribution in [1.29, 1.82) is 0 Å². The van der Waals surface area contributed by atoms with E-state index in [0.717, 1.165) is 45.1 Å². The normalized spacial score (nSPS) is 11.3. The van der Waals surface area contributed by atoms with Crippen LogP contribution in [-0.4, -0.2) is 19.7 Å². The van der Waals surface area contributed by atoms with Crippen LogP contribution < -0.4 is 0 Å². The van der Waals surface area contributed by atoms with E-state index in [4.69, 9.17) is 4.98 Å². The number of nitrogens with zero attached hydrogens (tertiary/aromatic N) is 4. The van der Waals surface area contributed by atoms with Gasteiger partial charge in [0.25, 0.3) is 0 Å². The summed E-state index contributed by atoms with van der Waals surface area (Å²) in [6.07, 6.45) is 0. The monoisotopic (exact) mass is 434 g/mol. The Morgan fingerprint density at radius 3 is 2.62 bits per heavy atom. The van der Waals surface area contributed by atoms with Crippen LogP contribution in [0.5, 0.6) is 0 Å². The molecule has 4 nitrogen and oxygen atoms in total. The first-order valence-electron chi connectivity index (χ1n) is 9.36. The number of hydrogen-bond acceptors (Lipinski definition) is 6. The Labute approximate surface area is 181 Å². The molecule has 0 saturated heterocycles. The number of aromatic nitrogens is 4. The molecule has 144 valence electrons. The van der Waals surface area contributed by atoms with E-state index in [2.05, 4.69) is 68.8 Å². The molecule has 5 rings (SSSR count). The summed E-state index contributed by atoms with van der Waals surface area (Å²) in [7, 11) is 0. The molecular weight excluding hydrogens is 416 g/mol. The van der Waals surface area contributed by atoms with Gasteiger partial charge in [-0.1, -0.05) is 60.3 Å². The van der Waals surface area contributed by atoms with E-state index in [1.165, 1.54) is 10.1 Å². The zero-order valence-corrected chi connectivity index (χ0v) is 18.2. The van der Waals surface area contributed by atoms with Gasteiger partial charge in [0.05, 0.1) is 5.69 Å². The van der Waals surface area contributed by atoms with Crippen LogP contribution in [0.2, 0.25) is 0 Å². The standard InChI is InChI=1S/C22H18N4S3/c1-2-26-20(18-14-27-19-11-7-6-10-17(18)19)24-25-22(26)29-13-16-12-28-21(23-16)15-8-4-3-5-9-15/h3-12,14H,2,13H2,1H3. The van der Waals surface area contributed by atoms with Gasteiger partial charge in [-0.25, -0.2) is 4.98 Å². The molecule has 0 aliphatic rings.